The Morgan fingerprint density at radius 1 is 1.29 bits per heavy atom. The zero-order chi connectivity index (χ0) is 9.97. The minimum Gasteiger partial charge on any atom is -0.393 e. The molecule has 2 unspecified atom stereocenters. The molecule has 3 rings (SSSR count). The van der Waals surface area contributed by atoms with Gasteiger partial charge < -0.3 is 9.84 Å². The van der Waals surface area contributed by atoms with Crippen molar-refractivity contribution in [1.82, 2.24) is 0 Å². The summed E-state index contributed by atoms with van der Waals surface area (Å²) in [6, 6.07) is 0. The van der Waals surface area contributed by atoms with Crippen LogP contribution >= 0.6 is 0 Å². The van der Waals surface area contributed by atoms with Crippen LogP contribution < -0.4 is 0 Å². The molecule has 3 fully saturated rings. The summed E-state index contributed by atoms with van der Waals surface area (Å²) >= 11 is 0. The monoisotopic (exact) mass is 196 g/mol. The molecule has 1 saturated heterocycles. The van der Waals surface area contributed by atoms with Crippen LogP contribution in [-0.4, -0.2) is 22.9 Å². The molecular formula is C12H20O2. The molecule has 14 heavy (non-hydrogen) atoms. The van der Waals surface area contributed by atoms with Crippen molar-refractivity contribution in [2.24, 2.45) is 11.3 Å². The number of aliphatic hydroxyl groups is 1. The summed E-state index contributed by atoms with van der Waals surface area (Å²) in [5, 5.41) is 10.0. The van der Waals surface area contributed by atoms with Gasteiger partial charge in [0.15, 0.2) is 0 Å². The van der Waals surface area contributed by atoms with Gasteiger partial charge in [-0.1, -0.05) is 13.3 Å². The second kappa shape index (κ2) is 2.53. The molecule has 80 valence electrons. The van der Waals surface area contributed by atoms with Crippen molar-refractivity contribution in [3.05, 3.63) is 0 Å². The van der Waals surface area contributed by atoms with Crippen molar-refractivity contribution in [3.63, 3.8) is 0 Å². The fraction of sp³-hybridized carbons (Fsp3) is 1.00. The molecule has 5 atom stereocenters. The van der Waals surface area contributed by atoms with Crippen LogP contribution in [0.25, 0.3) is 0 Å². The SMILES string of the molecule is C[C@@H]1O[C@@]12CCC1C(O)CCC[C@@]12C. The molecule has 3 aliphatic rings. The fourth-order valence-electron chi connectivity index (χ4n) is 4.32. The third kappa shape index (κ3) is 0.849. The smallest absolute Gasteiger partial charge is 0.100 e. The van der Waals surface area contributed by atoms with Crippen LogP contribution in [0.15, 0.2) is 0 Å². The second-order valence-corrected chi connectivity index (χ2v) is 5.67. The van der Waals surface area contributed by atoms with Crippen LogP contribution in [0.5, 0.6) is 0 Å². The van der Waals surface area contributed by atoms with E-state index < -0.39 is 0 Å². The normalized spacial score (nSPS) is 61.5. The van der Waals surface area contributed by atoms with Gasteiger partial charge in [-0.3, -0.25) is 0 Å². The van der Waals surface area contributed by atoms with Crippen molar-refractivity contribution >= 4 is 0 Å². The molecule has 0 aromatic rings. The molecule has 2 nitrogen and oxygen atoms in total. The first-order chi connectivity index (χ1) is 6.60. The Kier molecular flexibility index (Phi) is 1.66. The molecule has 1 N–H and O–H groups in total. The van der Waals surface area contributed by atoms with Gasteiger partial charge in [0.25, 0.3) is 0 Å². The first-order valence-corrected chi connectivity index (χ1v) is 5.96. The van der Waals surface area contributed by atoms with E-state index in [0.29, 0.717) is 12.0 Å². The molecule has 0 aromatic carbocycles. The Balaban J connectivity index is 1.94. The third-order valence-corrected chi connectivity index (χ3v) is 5.26. The molecule has 2 aliphatic carbocycles. The maximum Gasteiger partial charge on any atom is 0.100 e. The van der Waals surface area contributed by atoms with Gasteiger partial charge in [-0.15, -0.1) is 0 Å². The van der Waals surface area contributed by atoms with Crippen molar-refractivity contribution < 1.29 is 9.84 Å². The molecule has 1 aliphatic heterocycles. The van der Waals surface area contributed by atoms with Gasteiger partial charge in [-0.25, -0.2) is 0 Å². The largest absolute Gasteiger partial charge is 0.393 e. The van der Waals surface area contributed by atoms with Gasteiger partial charge in [0.2, 0.25) is 0 Å². The zero-order valence-electron chi connectivity index (χ0n) is 9.12. The van der Waals surface area contributed by atoms with Crippen LogP contribution in [0, 0.1) is 11.3 Å². The highest BCUT2D eigenvalue weighted by Crippen LogP contribution is 2.67. The number of hydrogen-bond acceptors (Lipinski definition) is 2. The minimum atomic E-state index is -0.0653. The summed E-state index contributed by atoms with van der Waals surface area (Å²) in [5.41, 5.74) is 0.420. The van der Waals surface area contributed by atoms with Crippen molar-refractivity contribution in [3.8, 4) is 0 Å². The highest BCUT2D eigenvalue weighted by Gasteiger charge is 2.71. The quantitative estimate of drug-likeness (QED) is 0.602. The lowest BCUT2D eigenvalue weighted by molar-refractivity contribution is -0.0261. The zero-order valence-corrected chi connectivity index (χ0v) is 9.12. The number of hydrogen-bond donors (Lipinski definition) is 1. The van der Waals surface area contributed by atoms with Crippen LogP contribution in [-0.2, 0) is 4.74 Å². The lowest BCUT2D eigenvalue weighted by atomic mass is 9.63. The predicted molar refractivity (Wildman–Crippen MR) is 54.0 cm³/mol. The summed E-state index contributed by atoms with van der Waals surface area (Å²) < 4.78 is 5.88. The molecule has 2 saturated carbocycles. The van der Waals surface area contributed by atoms with E-state index in [4.69, 9.17) is 4.74 Å². The van der Waals surface area contributed by atoms with Gasteiger partial charge in [-0.2, -0.15) is 0 Å². The van der Waals surface area contributed by atoms with Crippen LogP contribution in [0.3, 0.4) is 0 Å². The van der Waals surface area contributed by atoms with E-state index in [-0.39, 0.29) is 17.1 Å². The average molecular weight is 196 g/mol. The summed E-state index contributed by atoms with van der Waals surface area (Å²) in [6.45, 7) is 4.53. The van der Waals surface area contributed by atoms with Gasteiger partial charge in [0, 0.05) is 5.41 Å². The third-order valence-electron chi connectivity index (χ3n) is 5.26. The summed E-state index contributed by atoms with van der Waals surface area (Å²) in [4.78, 5) is 0. The fourth-order valence-corrected chi connectivity index (χ4v) is 4.32. The number of aliphatic hydroxyl groups excluding tert-OH is 1. The van der Waals surface area contributed by atoms with E-state index in [9.17, 15) is 5.11 Å². The first-order valence-electron chi connectivity index (χ1n) is 5.96. The number of epoxide rings is 1. The number of rotatable bonds is 0. The van der Waals surface area contributed by atoms with Gasteiger partial charge in [0.05, 0.1) is 12.2 Å². The van der Waals surface area contributed by atoms with E-state index in [1.54, 1.807) is 0 Å². The van der Waals surface area contributed by atoms with E-state index >= 15 is 0 Å². The molecule has 1 spiro atoms. The highest BCUT2D eigenvalue weighted by molar-refractivity contribution is 5.19. The van der Waals surface area contributed by atoms with E-state index in [0.717, 1.165) is 6.42 Å². The molecule has 2 heteroatoms. The van der Waals surface area contributed by atoms with Crippen LogP contribution in [0.2, 0.25) is 0 Å². The second-order valence-electron chi connectivity index (χ2n) is 5.67. The van der Waals surface area contributed by atoms with Crippen molar-refractivity contribution in [2.45, 2.75) is 63.8 Å². The van der Waals surface area contributed by atoms with E-state index in [2.05, 4.69) is 13.8 Å². The van der Waals surface area contributed by atoms with Gasteiger partial charge in [0.1, 0.15) is 5.60 Å². The van der Waals surface area contributed by atoms with E-state index in [1.807, 2.05) is 0 Å². The Hall–Kier alpha value is -0.0800. The van der Waals surface area contributed by atoms with Gasteiger partial charge >= 0.3 is 0 Å². The Morgan fingerprint density at radius 2 is 2.00 bits per heavy atom. The highest BCUT2D eigenvalue weighted by atomic mass is 16.6. The maximum absolute atomic E-state index is 10.0. The maximum atomic E-state index is 10.0. The lowest BCUT2D eigenvalue weighted by Crippen LogP contribution is -2.44. The summed E-state index contributed by atoms with van der Waals surface area (Å²) in [7, 11) is 0. The molecule has 0 bridgehead atoms. The first kappa shape index (κ1) is 9.17. The van der Waals surface area contributed by atoms with Crippen molar-refractivity contribution in [2.75, 3.05) is 0 Å². The lowest BCUT2D eigenvalue weighted by Gasteiger charge is -2.42. The molecule has 1 heterocycles. The van der Waals surface area contributed by atoms with Crippen LogP contribution in [0.1, 0.15) is 46.0 Å². The Labute approximate surface area is 85.6 Å². The molecular weight excluding hydrogens is 176 g/mol. The molecule has 0 aromatic heterocycles. The van der Waals surface area contributed by atoms with Crippen LogP contribution in [0.4, 0.5) is 0 Å². The topological polar surface area (TPSA) is 32.8 Å². The van der Waals surface area contributed by atoms with E-state index in [1.165, 1.54) is 25.7 Å². The van der Waals surface area contributed by atoms with Crippen molar-refractivity contribution in [1.29, 1.82) is 0 Å². The minimum absolute atomic E-state index is 0.0653. The summed E-state index contributed by atoms with van der Waals surface area (Å²) in [6.07, 6.45) is 6.14. The van der Waals surface area contributed by atoms with Gasteiger partial charge in [-0.05, 0) is 38.5 Å². The molecule has 0 radical (unpaired) electrons. The average Bonchev–Trinajstić information content (AvgIpc) is 2.67. The summed E-state index contributed by atoms with van der Waals surface area (Å²) in [5.74, 6) is 0.501. The molecule has 0 amide bonds. The number of fused-ring (bicyclic) bond motifs is 2. The number of ether oxygens (including phenoxy) is 1. The Bertz CT molecular complexity index is 265. The standard InChI is InChI=1S/C12H20O2/c1-8-12(14-8)7-5-9-10(13)4-3-6-11(9,12)2/h8-10,13H,3-7H2,1-2H3/t8-,9?,10?,11-,12-/m0/s1. The predicted octanol–water partition coefficient (Wildman–Crippen LogP) is 2.10. The Morgan fingerprint density at radius 3 is 2.64 bits per heavy atom.